The zero-order valence-electron chi connectivity index (χ0n) is 10.8. The molecule has 0 fully saturated rings. The highest BCUT2D eigenvalue weighted by Gasteiger charge is 2.08. The summed E-state index contributed by atoms with van der Waals surface area (Å²) in [6.45, 7) is 4.69. The van der Waals surface area contributed by atoms with Crippen LogP contribution in [0.4, 0.5) is 0 Å². The molecule has 7 heteroatoms. The van der Waals surface area contributed by atoms with E-state index in [0.29, 0.717) is 6.54 Å². The number of hydrogen-bond acceptors (Lipinski definition) is 5. The van der Waals surface area contributed by atoms with Gasteiger partial charge >= 0.3 is 0 Å². The van der Waals surface area contributed by atoms with Gasteiger partial charge in [0.05, 0.1) is 11.7 Å². The minimum atomic E-state index is 0.109. The van der Waals surface area contributed by atoms with Crippen molar-refractivity contribution in [1.29, 1.82) is 0 Å². The van der Waals surface area contributed by atoms with Crippen LogP contribution >= 0.6 is 0 Å². The number of fused-ring (bicyclic) bond motifs is 1. The molecule has 0 aliphatic carbocycles. The summed E-state index contributed by atoms with van der Waals surface area (Å²) in [5, 5.41) is 14.4. The van der Waals surface area contributed by atoms with Crippen LogP contribution in [-0.4, -0.2) is 29.8 Å². The van der Waals surface area contributed by atoms with Crippen LogP contribution in [-0.2, 0) is 6.54 Å². The smallest absolute Gasteiger partial charge is 0.155 e. The average Bonchev–Trinajstić information content (AvgIpc) is 3.03. The highest BCUT2D eigenvalue weighted by Crippen LogP contribution is 2.08. The first-order valence-corrected chi connectivity index (χ1v) is 6.12. The van der Waals surface area contributed by atoms with Crippen molar-refractivity contribution in [2.75, 3.05) is 0 Å². The lowest BCUT2D eigenvalue weighted by Gasteiger charge is -2.10. The predicted molar refractivity (Wildman–Crippen MR) is 69.4 cm³/mol. The standard InChI is InChI=1S/C12H15N7/c1-8-3-11-14-5-10(6-19(11)18-8)4-13-9(2)12-15-7-16-17-12/h3,5-7,9,13H,4H2,1-2H3,(H,15,16,17). The maximum atomic E-state index is 4.37. The van der Waals surface area contributed by atoms with Gasteiger partial charge in [0.15, 0.2) is 5.65 Å². The molecule has 3 aromatic heterocycles. The van der Waals surface area contributed by atoms with E-state index in [-0.39, 0.29) is 6.04 Å². The van der Waals surface area contributed by atoms with Gasteiger partial charge < -0.3 is 5.32 Å². The Bertz CT molecular complexity index is 671. The molecule has 0 radical (unpaired) electrons. The Morgan fingerprint density at radius 1 is 1.42 bits per heavy atom. The quantitative estimate of drug-likeness (QED) is 0.728. The summed E-state index contributed by atoms with van der Waals surface area (Å²) in [7, 11) is 0. The van der Waals surface area contributed by atoms with E-state index in [0.717, 1.165) is 22.7 Å². The maximum absolute atomic E-state index is 4.37. The van der Waals surface area contributed by atoms with Crippen molar-refractivity contribution >= 4 is 5.65 Å². The Hall–Kier alpha value is -2.28. The minimum absolute atomic E-state index is 0.109. The highest BCUT2D eigenvalue weighted by atomic mass is 15.2. The van der Waals surface area contributed by atoms with Gasteiger partial charge in [0.1, 0.15) is 12.2 Å². The second-order valence-electron chi connectivity index (χ2n) is 4.52. The third-order valence-electron chi connectivity index (χ3n) is 2.95. The molecule has 3 heterocycles. The number of aromatic nitrogens is 6. The first-order chi connectivity index (χ1) is 9.22. The normalized spacial score (nSPS) is 12.9. The Morgan fingerprint density at radius 3 is 3.11 bits per heavy atom. The lowest BCUT2D eigenvalue weighted by molar-refractivity contribution is 0.546. The monoisotopic (exact) mass is 257 g/mol. The van der Waals surface area contributed by atoms with Gasteiger partial charge in [-0.1, -0.05) is 0 Å². The van der Waals surface area contributed by atoms with Crippen LogP contribution in [0.3, 0.4) is 0 Å². The highest BCUT2D eigenvalue weighted by molar-refractivity contribution is 5.38. The SMILES string of the molecule is Cc1cc2ncc(CNC(C)c3ncn[nH]3)cn2n1. The van der Waals surface area contributed by atoms with Crippen LogP contribution < -0.4 is 5.32 Å². The van der Waals surface area contributed by atoms with E-state index in [1.54, 1.807) is 4.52 Å². The largest absolute Gasteiger partial charge is 0.303 e. The molecule has 1 atom stereocenters. The van der Waals surface area contributed by atoms with Crippen molar-refractivity contribution in [3.63, 3.8) is 0 Å². The molecule has 0 aliphatic heterocycles. The van der Waals surface area contributed by atoms with E-state index in [1.165, 1.54) is 6.33 Å². The van der Waals surface area contributed by atoms with Crippen LogP contribution in [0, 0.1) is 6.92 Å². The molecular formula is C12H15N7. The van der Waals surface area contributed by atoms with Gasteiger partial charge in [0.25, 0.3) is 0 Å². The van der Waals surface area contributed by atoms with E-state index in [9.17, 15) is 0 Å². The van der Waals surface area contributed by atoms with Gasteiger partial charge in [0.2, 0.25) is 0 Å². The molecule has 1 unspecified atom stereocenters. The van der Waals surface area contributed by atoms with E-state index >= 15 is 0 Å². The van der Waals surface area contributed by atoms with E-state index in [2.05, 4.69) is 30.6 Å². The number of H-pyrrole nitrogens is 1. The van der Waals surface area contributed by atoms with Crippen molar-refractivity contribution < 1.29 is 0 Å². The lowest BCUT2D eigenvalue weighted by Crippen LogP contribution is -2.19. The topological polar surface area (TPSA) is 83.8 Å². The Balaban J connectivity index is 1.71. The predicted octanol–water partition coefficient (Wildman–Crippen LogP) is 1.01. The minimum Gasteiger partial charge on any atom is -0.303 e. The van der Waals surface area contributed by atoms with Crippen molar-refractivity contribution in [2.45, 2.75) is 26.4 Å². The molecule has 0 amide bonds. The average molecular weight is 257 g/mol. The van der Waals surface area contributed by atoms with Gasteiger partial charge in [-0.3, -0.25) is 5.10 Å². The number of aryl methyl sites for hydroxylation is 1. The number of hydrogen-bond donors (Lipinski definition) is 2. The van der Waals surface area contributed by atoms with Crippen LogP contribution in [0.15, 0.2) is 24.8 Å². The van der Waals surface area contributed by atoms with Gasteiger partial charge in [-0.05, 0) is 13.8 Å². The van der Waals surface area contributed by atoms with E-state index in [1.807, 2.05) is 32.3 Å². The van der Waals surface area contributed by atoms with Crippen molar-refractivity contribution in [3.05, 3.63) is 41.9 Å². The molecule has 3 aromatic rings. The fraction of sp³-hybridized carbons (Fsp3) is 0.333. The Morgan fingerprint density at radius 2 is 2.32 bits per heavy atom. The van der Waals surface area contributed by atoms with E-state index in [4.69, 9.17) is 0 Å². The van der Waals surface area contributed by atoms with Crippen LogP contribution in [0.5, 0.6) is 0 Å². The van der Waals surface area contributed by atoms with Crippen molar-refractivity contribution in [2.24, 2.45) is 0 Å². The number of rotatable bonds is 4. The van der Waals surface area contributed by atoms with Crippen LogP contribution in [0.2, 0.25) is 0 Å². The molecule has 0 aliphatic rings. The van der Waals surface area contributed by atoms with Crippen LogP contribution in [0.1, 0.15) is 30.0 Å². The van der Waals surface area contributed by atoms with Crippen molar-refractivity contribution in [3.8, 4) is 0 Å². The molecule has 2 N–H and O–H groups in total. The molecule has 0 spiro atoms. The lowest BCUT2D eigenvalue weighted by atomic mass is 10.3. The van der Waals surface area contributed by atoms with Crippen molar-refractivity contribution in [1.82, 2.24) is 35.1 Å². The second kappa shape index (κ2) is 4.77. The Kier molecular flexibility index (Phi) is 2.96. The third-order valence-corrected chi connectivity index (χ3v) is 2.95. The summed E-state index contributed by atoms with van der Waals surface area (Å²) in [5.74, 6) is 0.823. The molecule has 0 aromatic carbocycles. The summed E-state index contributed by atoms with van der Waals surface area (Å²) in [4.78, 5) is 8.49. The zero-order chi connectivity index (χ0) is 13.2. The fourth-order valence-electron chi connectivity index (χ4n) is 1.92. The van der Waals surface area contributed by atoms with Gasteiger partial charge in [-0.25, -0.2) is 14.5 Å². The number of nitrogens with zero attached hydrogens (tertiary/aromatic N) is 5. The molecular weight excluding hydrogens is 242 g/mol. The molecule has 0 saturated heterocycles. The molecule has 0 bridgehead atoms. The summed E-state index contributed by atoms with van der Waals surface area (Å²) in [6, 6.07) is 2.06. The molecule has 7 nitrogen and oxygen atoms in total. The van der Waals surface area contributed by atoms with Gasteiger partial charge in [0, 0.05) is 30.6 Å². The fourth-order valence-corrected chi connectivity index (χ4v) is 1.92. The first kappa shape index (κ1) is 11.8. The first-order valence-electron chi connectivity index (χ1n) is 6.12. The molecule has 19 heavy (non-hydrogen) atoms. The van der Waals surface area contributed by atoms with Gasteiger partial charge in [-0.2, -0.15) is 10.2 Å². The summed E-state index contributed by atoms with van der Waals surface area (Å²) in [6.07, 6.45) is 5.35. The second-order valence-corrected chi connectivity index (χ2v) is 4.52. The third kappa shape index (κ3) is 2.45. The zero-order valence-corrected chi connectivity index (χ0v) is 10.8. The van der Waals surface area contributed by atoms with E-state index < -0.39 is 0 Å². The summed E-state index contributed by atoms with van der Waals surface area (Å²) < 4.78 is 1.80. The molecule has 0 saturated carbocycles. The Labute approximate surface area is 110 Å². The molecule has 3 rings (SSSR count). The number of aromatic amines is 1. The van der Waals surface area contributed by atoms with Gasteiger partial charge in [-0.15, -0.1) is 0 Å². The summed E-state index contributed by atoms with van der Waals surface area (Å²) >= 11 is 0. The maximum Gasteiger partial charge on any atom is 0.155 e. The summed E-state index contributed by atoms with van der Waals surface area (Å²) in [5.41, 5.74) is 2.90. The number of nitrogens with one attached hydrogen (secondary N) is 2. The molecule has 98 valence electrons. The van der Waals surface area contributed by atoms with Crippen LogP contribution in [0.25, 0.3) is 5.65 Å².